The van der Waals surface area contributed by atoms with E-state index in [0.29, 0.717) is 23.4 Å². The van der Waals surface area contributed by atoms with Crippen LogP contribution in [0.15, 0.2) is 79.1 Å². The quantitative estimate of drug-likeness (QED) is 0.526. The van der Waals surface area contributed by atoms with E-state index < -0.39 is 6.04 Å². The maximum absolute atomic E-state index is 13.8. The number of aromatic nitrogens is 4. The number of tetrazole rings is 1. The van der Waals surface area contributed by atoms with Crippen LogP contribution in [0.3, 0.4) is 0 Å². The predicted octanol–water partition coefficient (Wildman–Crippen LogP) is 3.57. The van der Waals surface area contributed by atoms with E-state index >= 15 is 0 Å². The van der Waals surface area contributed by atoms with Crippen molar-refractivity contribution < 1.29 is 9.59 Å². The molecule has 5 rings (SSSR count). The van der Waals surface area contributed by atoms with Crippen LogP contribution in [0.25, 0.3) is 5.69 Å². The van der Waals surface area contributed by atoms with Crippen molar-refractivity contribution in [3.05, 3.63) is 95.8 Å². The lowest BCUT2D eigenvalue weighted by atomic mass is 9.94. The van der Waals surface area contributed by atoms with E-state index in [1.54, 1.807) is 23.1 Å². The highest BCUT2D eigenvalue weighted by atomic mass is 16.2. The minimum atomic E-state index is -0.634. The molecule has 3 aromatic carbocycles. The molecule has 0 spiro atoms. The summed E-state index contributed by atoms with van der Waals surface area (Å²) in [5.74, 6) is -0.459. The van der Waals surface area contributed by atoms with E-state index in [4.69, 9.17) is 0 Å². The van der Waals surface area contributed by atoms with Gasteiger partial charge in [0.1, 0.15) is 12.4 Å². The van der Waals surface area contributed by atoms with E-state index in [-0.39, 0.29) is 11.8 Å². The van der Waals surface area contributed by atoms with E-state index in [0.717, 1.165) is 23.2 Å². The number of hydrogen-bond acceptors (Lipinski definition) is 5. The summed E-state index contributed by atoms with van der Waals surface area (Å²) in [6, 6.07) is 21.8. The molecule has 0 aliphatic carbocycles. The van der Waals surface area contributed by atoms with Crippen molar-refractivity contribution in [3.63, 3.8) is 0 Å². The lowest BCUT2D eigenvalue weighted by molar-refractivity contribution is -0.117. The van der Waals surface area contributed by atoms with Crippen LogP contribution in [0.1, 0.15) is 27.9 Å². The Morgan fingerprint density at radius 1 is 1.00 bits per heavy atom. The Morgan fingerprint density at radius 2 is 1.82 bits per heavy atom. The van der Waals surface area contributed by atoms with Crippen LogP contribution < -0.4 is 10.2 Å². The first kappa shape index (κ1) is 20.6. The van der Waals surface area contributed by atoms with Gasteiger partial charge in [0.15, 0.2) is 0 Å². The molecule has 4 aromatic rings. The van der Waals surface area contributed by atoms with E-state index in [1.165, 1.54) is 11.0 Å². The summed E-state index contributed by atoms with van der Waals surface area (Å²) in [4.78, 5) is 28.7. The first-order valence-electron chi connectivity index (χ1n) is 10.7. The van der Waals surface area contributed by atoms with Crippen LogP contribution in [-0.4, -0.2) is 38.1 Å². The molecule has 0 radical (unpaired) electrons. The third-order valence-corrected chi connectivity index (χ3v) is 5.80. The summed E-state index contributed by atoms with van der Waals surface area (Å²) in [6.07, 6.45) is 2.72. The Balaban J connectivity index is 1.50. The van der Waals surface area contributed by atoms with Crippen molar-refractivity contribution in [2.75, 3.05) is 10.2 Å². The number of hydrogen-bond donors (Lipinski definition) is 1. The van der Waals surface area contributed by atoms with Gasteiger partial charge < -0.3 is 5.32 Å². The highest BCUT2D eigenvalue weighted by Crippen LogP contribution is 2.33. The summed E-state index contributed by atoms with van der Waals surface area (Å²) in [5.41, 5.74) is 4.73. The molecule has 0 saturated carbocycles. The number of rotatable bonds is 4. The number of fused-ring (bicyclic) bond motifs is 1. The molecule has 1 unspecified atom stereocenters. The number of aryl methyl sites for hydroxylation is 2. The monoisotopic (exact) mass is 438 g/mol. The second kappa shape index (κ2) is 8.66. The van der Waals surface area contributed by atoms with E-state index in [9.17, 15) is 9.59 Å². The summed E-state index contributed by atoms with van der Waals surface area (Å²) in [5, 5.41) is 14.2. The van der Waals surface area contributed by atoms with Gasteiger partial charge in [-0.1, -0.05) is 42.0 Å². The van der Waals surface area contributed by atoms with Crippen molar-refractivity contribution >= 4 is 23.2 Å². The second-order valence-corrected chi connectivity index (χ2v) is 8.02. The zero-order chi connectivity index (χ0) is 22.8. The Kier molecular flexibility index (Phi) is 5.40. The fourth-order valence-electron chi connectivity index (χ4n) is 4.11. The number of carbonyl (C=O) groups is 2. The van der Waals surface area contributed by atoms with E-state index in [1.807, 2.05) is 61.5 Å². The molecule has 2 heterocycles. The van der Waals surface area contributed by atoms with Gasteiger partial charge in [-0.15, -0.1) is 5.10 Å². The van der Waals surface area contributed by atoms with Crippen molar-refractivity contribution in [2.24, 2.45) is 0 Å². The average Bonchev–Trinajstić information content (AvgIpc) is 3.39. The van der Waals surface area contributed by atoms with Crippen molar-refractivity contribution in [2.45, 2.75) is 25.8 Å². The van der Waals surface area contributed by atoms with Crippen LogP contribution in [0, 0.1) is 6.92 Å². The fourth-order valence-corrected chi connectivity index (χ4v) is 4.11. The molecule has 2 amide bonds. The molecule has 1 aliphatic heterocycles. The van der Waals surface area contributed by atoms with Gasteiger partial charge in [0.2, 0.25) is 5.91 Å². The normalized spacial score (nSPS) is 15.1. The van der Waals surface area contributed by atoms with Crippen molar-refractivity contribution in [1.82, 2.24) is 20.2 Å². The summed E-state index contributed by atoms with van der Waals surface area (Å²) in [7, 11) is 0. The zero-order valence-electron chi connectivity index (χ0n) is 18.0. The maximum atomic E-state index is 13.8. The summed E-state index contributed by atoms with van der Waals surface area (Å²) >= 11 is 0. The molecule has 8 heteroatoms. The molecule has 1 atom stereocenters. The van der Waals surface area contributed by atoms with Gasteiger partial charge in [-0.25, -0.2) is 4.68 Å². The van der Waals surface area contributed by atoms with Gasteiger partial charge >= 0.3 is 0 Å². The minimum absolute atomic E-state index is 0.210. The van der Waals surface area contributed by atoms with Gasteiger partial charge in [0.25, 0.3) is 5.91 Å². The van der Waals surface area contributed by atoms with E-state index in [2.05, 4.69) is 20.8 Å². The second-order valence-electron chi connectivity index (χ2n) is 8.02. The Morgan fingerprint density at radius 3 is 2.61 bits per heavy atom. The van der Waals surface area contributed by atoms with Crippen molar-refractivity contribution in [1.29, 1.82) is 0 Å². The SMILES string of the molecule is Cc1ccc(NC(=O)C2CCc3ccccc3N2C(=O)c2cccc(-n3cnnn3)c2)cc1. The third kappa shape index (κ3) is 4.10. The maximum Gasteiger partial charge on any atom is 0.259 e. The minimum Gasteiger partial charge on any atom is -0.324 e. The molecular weight excluding hydrogens is 416 g/mol. The molecule has 0 fully saturated rings. The molecule has 33 heavy (non-hydrogen) atoms. The number of carbonyl (C=O) groups excluding carboxylic acids is 2. The van der Waals surface area contributed by atoms with Crippen LogP contribution in [0.2, 0.25) is 0 Å². The Hall–Kier alpha value is -4.33. The highest BCUT2D eigenvalue weighted by molar-refractivity contribution is 6.12. The number of benzene rings is 3. The largest absolute Gasteiger partial charge is 0.324 e. The fraction of sp³-hybridized carbons (Fsp3) is 0.160. The smallest absolute Gasteiger partial charge is 0.259 e. The predicted molar refractivity (Wildman–Crippen MR) is 124 cm³/mol. The Labute approximate surface area is 190 Å². The molecule has 164 valence electrons. The molecule has 1 aliphatic rings. The average molecular weight is 438 g/mol. The van der Waals surface area contributed by atoms with Gasteiger partial charge in [0, 0.05) is 16.9 Å². The molecule has 0 bridgehead atoms. The molecular formula is C25H22N6O2. The number of anilines is 2. The number of amides is 2. The molecule has 0 saturated heterocycles. The first-order valence-corrected chi connectivity index (χ1v) is 10.7. The first-order chi connectivity index (χ1) is 16.1. The van der Waals surface area contributed by atoms with Gasteiger partial charge in [-0.3, -0.25) is 14.5 Å². The number of nitrogens with one attached hydrogen (secondary N) is 1. The zero-order valence-corrected chi connectivity index (χ0v) is 18.0. The van der Waals surface area contributed by atoms with Crippen LogP contribution in [0.4, 0.5) is 11.4 Å². The van der Waals surface area contributed by atoms with Crippen LogP contribution in [-0.2, 0) is 11.2 Å². The standard InChI is InChI=1S/C25H22N6O2/c1-17-9-12-20(13-10-17)27-24(32)23-14-11-18-5-2-3-8-22(18)31(23)25(33)19-6-4-7-21(15-19)30-16-26-28-29-30/h2-10,12-13,15-16,23H,11,14H2,1H3,(H,27,32). The third-order valence-electron chi connectivity index (χ3n) is 5.80. The highest BCUT2D eigenvalue weighted by Gasteiger charge is 2.36. The van der Waals surface area contributed by atoms with Gasteiger partial charge in [0.05, 0.1) is 5.69 Å². The number of para-hydroxylation sites is 1. The molecule has 8 nitrogen and oxygen atoms in total. The van der Waals surface area contributed by atoms with Gasteiger partial charge in [-0.2, -0.15) is 0 Å². The lowest BCUT2D eigenvalue weighted by Gasteiger charge is -2.36. The topological polar surface area (TPSA) is 93.0 Å². The molecule has 1 N–H and O–H groups in total. The lowest BCUT2D eigenvalue weighted by Crippen LogP contribution is -2.50. The van der Waals surface area contributed by atoms with Gasteiger partial charge in [-0.05, 0) is 72.2 Å². The summed E-state index contributed by atoms with van der Waals surface area (Å²) in [6.45, 7) is 1.99. The number of nitrogens with zero attached hydrogens (tertiary/aromatic N) is 5. The van der Waals surface area contributed by atoms with Crippen LogP contribution in [0.5, 0.6) is 0 Å². The van der Waals surface area contributed by atoms with Crippen molar-refractivity contribution in [3.8, 4) is 5.69 Å². The summed E-state index contributed by atoms with van der Waals surface area (Å²) < 4.78 is 1.49. The Bertz CT molecular complexity index is 1300. The van der Waals surface area contributed by atoms with Crippen LogP contribution >= 0.6 is 0 Å². The molecule has 1 aromatic heterocycles.